The molecule has 1 amide bonds. The Bertz CT molecular complexity index is 1120. The van der Waals surface area contributed by atoms with Crippen LogP contribution in [0.2, 0.25) is 0 Å². The number of nitrogens with zero attached hydrogens (tertiary/aromatic N) is 4. The lowest BCUT2D eigenvalue weighted by Gasteiger charge is -2.36. The van der Waals surface area contributed by atoms with E-state index in [4.69, 9.17) is 4.74 Å². The molecule has 6 nitrogen and oxygen atoms in total. The van der Waals surface area contributed by atoms with Gasteiger partial charge in [0.05, 0.1) is 17.2 Å². The van der Waals surface area contributed by atoms with Crippen LogP contribution in [0.1, 0.15) is 49.5 Å². The van der Waals surface area contributed by atoms with Gasteiger partial charge in [0, 0.05) is 36.8 Å². The number of rotatable bonds is 9. The molecule has 0 N–H and O–H groups in total. The first-order valence-corrected chi connectivity index (χ1v) is 11.3. The molecular weight excluding hydrogens is 464 g/mol. The maximum Gasteiger partial charge on any atom is 0.417 e. The van der Waals surface area contributed by atoms with Crippen LogP contribution in [0.25, 0.3) is 11.4 Å². The topological polar surface area (TPSA) is 68.2 Å². The average Bonchev–Trinajstić information content (AvgIpc) is 2.86. The third-order valence-corrected chi connectivity index (χ3v) is 5.61. The Balaban J connectivity index is 1.91. The zero-order valence-corrected chi connectivity index (χ0v) is 19.6. The summed E-state index contributed by atoms with van der Waals surface area (Å²) in [4.78, 5) is 27.4. The van der Waals surface area contributed by atoms with Gasteiger partial charge in [-0.1, -0.05) is 13.8 Å². The molecule has 35 heavy (non-hydrogen) atoms. The van der Waals surface area contributed by atoms with Crippen LogP contribution in [0.4, 0.5) is 17.6 Å². The summed E-state index contributed by atoms with van der Waals surface area (Å²) in [6.45, 7) is 5.81. The summed E-state index contributed by atoms with van der Waals surface area (Å²) in [5, 5.41) is 0. The fourth-order valence-electron chi connectivity index (χ4n) is 3.90. The van der Waals surface area contributed by atoms with Crippen LogP contribution in [-0.4, -0.2) is 44.4 Å². The van der Waals surface area contributed by atoms with Gasteiger partial charge in [0.15, 0.2) is 5.82 Å². The number of benzene rings is 1. The number of hydrogen-bond acceptors (Lipinski definition) is 5. The Kier molecular flexibility index (Phi) is 8.37. The first-order chi connectivity index (χ1) is 16.7. The molecule has 0 bridgehead atoms. The summed E-state index contributed by atoms with van der Waals surface area (Å²) in [6.07, 6.45) is -0.329. The van der Waals surface area contributed by atoms with Crippen LogP contribution in [0.5, 0.6) is 5.88 Å². The van der Waals surface area contributed by atoms with Crippen molar-refractivity contribution in [3.8, 4) is 17.3 Å². The van der Waals surface area contributed by atoms with Gasteiger partial charge in [0.2, 0.25) is 5.88 Å². The smallest absolute Gasteiger partial charge is 0.417 e. The van der Waals surface area contributed by atoms with Gasteiger partial charge in [0.1, 0.15) is 11.9 Å². The van der Waals surface area contributed by atoms with Crippen molar-refractivity contribution in [2.75, 3.05) is 6.54 Å². The van der Waals surface area contributed by atoms with Gasteiger partial charge >= 0.3 is 6.18 Å². The molecule has 3 aromatic rings. The van der Waals surface area contributed by atoms with Crippen molar-refractivity contribution in [3.63, 3.8) is 0 Å². The van der Waals surface area contributed by atoms with Crippen LogP contribution < -0.4 is 4.74 Å². The van der Waals surface area contributed by atoms with Crippen molar-refractivity contribution in [2.24, 2.45) is 0 Å². The molecule has 2 unspecified atom stereocenters. The Labute approximate surface area is 201 Å². The number of likely N-dealkylation sites (N-methyl/N-ethyl adjacent to an activating group) is 1. The van der Waals surface area contributed by atoms with Crippen LogP contribution in [0.15, 0.2) is 55.0 Å². The molecule has 0 aliphatic heterocycles. The highest BCUT2D eigenvalue weighted by molar-refractivity contribution is 6.00. The Hall–Kier alpha value is -3.56. The zero-order valence-electron chi connectivity index (χ0n) is 19.6. The molecular formula is C25H26F4N4O2. The Morgan fingerprint density at radius 3 is 2.29 bits per heavy atom. The minimum absolute atomic E-state index is 0.0240. The SMILES string of the molecule is CCC(Oc1ccc(C(F)(F)F)cn1)C(CC)N(CC)C(=O)c1cc(F)ccc1-c1ncccn1. The maximum absolute atomic E-state index is 14.2. The highest BCUT2D eigenvalue weighted by Crippen LogP contribution is 2.30. The Morgan fingerprint density at radius 1 is 1.03 bits per heavy atom. The van der Waals surface area contributed by atoms with E-state index in [0.29, 0.717) is 31.1 Å². The fourth-order valence-corrected chi connectivity index (χ4v) is 3.90. The van der Waals surface area contributed by atoms with E-state index in [1.807, 2.05) is 13.8 Å². The monoisotopic (exact) mass is 490 g/mol. The van der Waals surface area contributed by atoms with E-state index in [9.17, 15) is 22.4 Å². The van der Waals surface area contributed by atoms with Crippen molar-refractivity contribution in [3.05, 3.63) is 71.9 Å². The minimum atomic E-state index is -4.50. The maximum atomic E-state index is 14.2. The van der Waals surface area contributed by atoms with Crippen molar-refractivity contribution in [1.29, 1.82) is 0 Å². The number of amides is 1. The number of aromatic nitrogens is 3. The predicted molar refractivity (Wildman–Crippen MR) is 122 cm³/mol. The van der Waals surface area contributed by atoms with Crippen molar-refractivity contribution < 1.29 is 27.1 Å². The number of alkyl halides is 3. The predicted octanol–water partition coefficient (Wildman–Crippen LogP) is 5.79. The van der Waals surface area contributed by atoms with E-state index in [-0.39, 0.29) is 17.3 Å². The van der Waals surface area contributed by atoms with Gasteiger partial charge < -0.3 is 9.64 Å². The molecule has 1 aromatic carbocycles. The standard InChI is InChI=1S/C25H26F4N4O2/c1-4-20(21(5-2)35-22-11-8-16(15-32-22)25(27,28)29)33(6-3)24(34)19-14-17(26)9-10-18(19)23-30-12-7-13-31-23/h7-15,20-21H,4-6H2,1-3H3. The molecule has 186 valence electrons. The molecule has 0 saturated carbocycles. The van der Waals surface area contributed by atoms with E-state index in [1.54, 1.807) is 17.9 Å². The minimum Gasteiger partial charge on any atom is -0.472 e. The lowest BCUT2D eigenvalue weighted by Crippen LogP contribution is -2.48. The van der Waals surface area contributed by atoms with Crippen molar-refractivity contribution in [2.45, 2.75) is 51.9 Å². The molecule has 0 spiro atoms. The van der Waals surface area contributed by atoms with E-state index in [1.165, 1.54) is 24.5 Å². The first kappa shape index (κ1) is 26.1. The van der Waals surface area contributed by atoms with Crippen molar-refractivity contribution in [1.82, 2.24) is 19.9 Å². The zero-order chi connectivity index (χ0) is 25.6. The molecule has 0 saturated heterocycles. The summed E-state index contributed by atoms with van der Waals surface area (Å²) in [5.74, 6) is -0.689. The summed E-state index contributed by atoms with van der Waals surface area (Å²) >= 11 is 0. The van der Waals surface area contributed by atoms with Crippen LogP contribution >= 0.6 is 0 Å². The highest BCUT2D eigenvalue weighted by Gasteiger charge is 2.33. The lowest BCUT2D eigenvalue weighted by atomic mass is 10.00. The summed E-state index contributed by atoms with van der Waals surface area (Å²) in [7, 11) is 0. The van der Waals surface area contributed by atoms with Crippen LogP contribution in [0, 0.1) is 5.82 Å². The number of pyridine rings is 1. The van der Waals surface area contributed by atoms with Gasteiger partial charge in [-0.3, -0.25) is 4.79 Å². The third-order valence-electron chi connectivity index (χ3n) is 5.61. The van der Waals surface area contributed by atoms with Gasteiger partial charge in [0.25, 0.3) is 5.91 Å². The largest absolute Gasteiger partial charge is 0.472 e. The van der Waals surface area contributed by atoms with E-state index < -0.39 is 35.6 Å². The van der Waals surface area contributed by atoms with E-state index in [2.05, 4.69) is 15.0 Å². The normalized spacial score (nSPS) is 13.2. The number of carbonyl (C=O) groups excluding carboxylic acids is 1. The number of ether oxygens (including phenoxy) is 1. The number of carbonyl (C=O) groups is 1. The number of hydrogen-bond donors (Lipinski definition) is 0. The molecule has 0 aliphatic carbocycles. The molecule has 10 heteroatoms. The van der Waals surface area contributed by atoms with E-state index >= 15 is 0 Å². The van der Waals surface area contributed by atoms with Gasteiger partial charge in [-0.05, 0) is 50.1 Å². The van der Waals surface area contributed by atoms with Crippen LogP contribution in [0.3, 0.4) is 0 Å². The molecule has 0 aliphatic rings. The Morgan fingerprint density at radius 2 is 1.74 bits per heavy atom. The lowest BCUT2D eigenvalue weighted by molar-refractivity contribution is -0.137. The van der Waals surface area contributed by atoms with Gasteiger partial charge in [-0.15, -0.1) is 0 Å². The second-order valence-electron chi connectivity index (χ2n) is 7.78. The average molecular weight is 491 g/mol. The first-order valence-electron chi connectivity index (χ1n) is 11.3. The molecule has 0 radical (unpaired) electrons. The van der Waals surface area contributed by atoms with Crippen LogP contribution in [-0.2, 0) is 6.18 Å². The van der Waals surface area contributed by atoms with Gasteiger partial charge in [-0.25, -0.2) is 19.3 Å². The summed E-state index contributed by atoms with van der Waals surface area (Å²) in [5.41, 5.74) is -0.375. The molecule has 0 fully saturated rings. The van der Waals surface area contributed by atoms with Gasteiger partial charge in [-0.2, -0.15) is 13.2 Å². The summed E-state index contributed by atoms with van der Waals surface area (Å²) < 4.78 is 58.7. The summed E-state index contributed by atoms with van der Waals surface area (Å²) in [6, 6.07) is 7.11. The second kappa shape index (κ2) is 11.2. The molecule has 2 aromatic heterocycles. The third kappa shape index (κ3) is 6.12. The quantitative estimate of drug-likeness (QED) is 0.355. The van der Waals surface area contributed by atoms with E-state index in [0.717, 1.165) is 18.2 Å². The highest BCUT2D eigenvalue weighted by atomic mass is 19.4. The number of halogens is 4. The molecule has 2 heterocycles. The molecule has 3 rings (SSSR count). The fraction of sp³-hybridized carbons (Fsp3) is 0.360. The second-order valence-corrected chi connectivity index (χ2v) is 7.78. The van der Waals surface area contributed by atoms with Crippen molar-refractivity contribution >= 4 is 5.91 Å². The molecule has 2 atom stereocenters.